The summed E-state index contributed by atoms with van der Waals surface area (Å²) in [5, 5.41) is 10.3. The first-order valence-corrected chi connectivity index (χ1v) is 9.49. The number of carbonyl (C=O) groups is 1. The fourth-order valence-electron chi connectivity index (χ4n) is 3.48. The minimum Gasteiger partial charge on any atom is -0.436 e. The summed E-state index contributed by atoms with van der Waals surface area (Å²) in [6.07, 6.45) is 4.81. The molecule has 6 heteroatoms. The molecular weight excluding hydrogens is 352 g/mol. The Kier molecular flexibility index (Phi) is 3.97. The lowest BCUT2D eigenvalue weighted by molar-refractivity contribution is -0.122. The van der Waals surface area contributed by atoms with Crippen LogP contribution in [-0.2, 0) is 4.79 Å². The number of rotatable bonds is 4. The minimum absolute atomic E-state index is 0.0996. The van der Waals surface area contributed by atoms with Crippen LogP contribution < -0.4 is 5.32 Å². The first-order valence-electron chi connectivity index (χ1n) is 9.49. The molecule has 28 heavy (non-hydrogen) atoms. The molecule has 6 nitrogen and oxygen atoms in total. The van der Waals surface area contributed by atoms with E-state index in [1.807, 2.05) is 49.4 Å². The quantitative estimate of drug-likeness (QED) is 0.532. The second kappa shape index (κ2) is 6.64. The Morgan fingerprint density at radius 2 is 2.11 bits per heavy atom. The number of hydrogen-bond acceptors (Lipinski definition) is 4. The van der Waals surface area contributed by atoms with Crippen LogP contribution in [0.4, 0.5) is 5.69 Å². The van der Waals surface area contributed by atoms with Gasteiger partial charge in [-0.05, 0) is 49.6 Å². The lowest BCUT2D eigenvalue weighted by Crippen LogP contribution is -2.27. The van der Waals surface area contributed by atoms with Crippen molar-refractivity contribution in [2.45, 2.75) is 26.2 Å². The molecule has 0 unspecified atom stereocenters. The highest BCUT2D eigenvalue weighted by Gasteiger charge is 2.25. The number of nitrogens with one attached hydrogen (secondary N) is 2. The molecule has 0 radical (unpaired) electrons. The molecule has 0 saturated heterocycles. The highest BCUT2D eigenvalue weighted by Crippen LogP contribution is 2.33. The first-order chi connectivity index (χ1) is 13.7. The van der Waals surface area contributed by atoms with E-state index < -0.39 is 0 Å². The molecule has 2 heterocycles. The fourth-order valence-corrected chi connectivity index (χ4v) is 3.48. The molecular formula is C22H20N4O2. The van der Waals surface area contributed by atoms with Crippen LogP contribution in [0.15, 0.2) is 53.1 Å². The third-order valence-electron chi connectivity index (χ3n) is 5.31. The van der Waals surface area contributed by atoms with Crippen molar-refractivity contribution < 1.29 is 9.21 Å². The number of hydrogen-bond donors (Lipinski definition) is 2. The third-order valence-corrected chi connectivity index (χ3v) is 5.31. The molecule has 1 aliphatic carbocycles. The number of H-pyrrole nitrogens is 1. The monoisotopic (exact) mass is 372 g/mol. The van der Waals surface area contributed by atoms with Crippen molar-refractivity contribution in [1.29, 1.82) is 0 Å². The van der Waals surface area contributed by atoms with Gasteiger partial charge in [0.15, 0.2) is 5.58 Å². The number of nitrogens with zero attached hydrogens (tertiary/aromatic N) is 2. The van der Waals surface area contributed by atoms with Crippen LogP contribution in [0.1, 0.15) is 24.8 Å². The minimum atomic E-state index is 0.0996. The molecule has 0 bridgehead atoms. The molecule has 2 aromatic heterocycles. The largest absolute Gasteiger partial charge is 0.436 e. The van der Waals surface area contributed by atoms with Crippen molar-refractivity contribution in [3.05, 3.63) is 54.2 Å². The Labute approximate surface area is 162 Å². The van der Waals surface area contributed by atoms with Crippen molar-refractivity contribution in [1.82, 2.24) is 15.2 Å². The van der Waals surface area contributed by atoms with Crippen molar-refractivity contribution in [2.75, 3.05) is 5.32 Å². The van der Waals surface area contributed by atoms with E-state index in [0.717, 1.165) is 58.4 Å². The summed E-state index contributed by atoms with van der Waals surface area (Å²) in [6, 6.07) is 13.7. The van der Waals surface area contributed by atoms with Gasteiger partial charge in [0.05, 0.1) is 17.5 Å². The topological polar surface area (TPSA) is 83.8 Å². The number of amides is 1. The Morgan fingerprint density at radius 1 is 1.21 bits per heavy atom. The highest BCUT2D eigenvalue weighted by atomic mass is 16.3. The molecule has 0 spiro atoms. The third kappa shape index (κ3) is 2.97. The average Bonchev–Trinajstić information content (AvgIpc) is 3.26. The first kappa shape index (κ1) is 16.7. The van der Waals surface area contributed by atoms with E-state index >= 15 is 0 Å². The predicted octanol–water partition coefficient (Wildman–Crippen LogP) is 4.93. The van der Waals surface area contributed by atoms with Crippen molar-refractivity contribution in [3.63, 3.8) is 0 Å². The van der Waals surface area contributed by atoms with Crippen molar-refractivity contribution in [2.24, 2.45) is 5.92 Å². The summed E-state index contributed by atoms with van der Waals surface area (Å²) in [4.78, 5) is 16.9. The van der Waals surface area contributed by atoms with Gasteiger partial charge in [-0.15, -0.1) is 0 Å². The molecule has 5 rings (SSSR count). The van der Waals surface area contributed by atoms with Gasteiger partial charge in [0.25, 0.3) is 0 Å². The van der Waals surface area contributed by atoms with Gasteiger partial charge in [-0.25, -0.2) is 4.98 Å². The Morgan fingerprint density at radius 3 is 2.93 bits per heavy atom. The van der Waals surface area contributed by atoms with Gasteiger partial charge >= 0.3 is 0 Å². The molecule has 1 aliphatic rings. The summed E-state index contributed by atoms with van der Waals surface area (Å²) >= 11 is 0. The van der Waals surface area contributed by atoms with Crippen molar-refractivity contribution >= 4 is 22.7 Å². The summed E-state index contributed by atoms with van der Waals surface area (Å²) < 4.78 is 5.96. The molecule has 1 amide bonds. The Hall–Kier alpha value is -3.41. The normalized spacial score (nSPS) is 14.2. The number of carbonyl (C=O) groups excluding carboxylic acids is 1. The number of aromatic amines is 1. The zero-order valence-corrected chi connectivity index (χ0v) is 15.5. The number of anilines is 1. The summed E-state index contributed by atoms with van der Waals surface area (Å²) in [7, 11) is 0. The summed E-state index contributed by atoms with van der Waals surface area (Å²) in [5.41, 5.74) is 5.98. The maximum atomic E-state index is 12.3. The zero-order chi connectivity index (χ0) is 19.1. The van der Waals surface area contributed by atoms with E-state index in [0.29, 0.717) is 5.89 Å². The fraction of sp³-hybridized carbons (Fsp3) is 0.227. The van der Waals surface area contributed by atoms with E-state index in [2.05, 4.69) is 20.5 Å². The lowest BCUT2D eigenvalue weighted by atomic mass is 9.85. The lowest BCUT2D eigenvalue weighted by Gasteiger charge is -2.24. The summed E-state index contributed by atoms with van der Waals surface area (Å²) in [5.74, 6) is 0.769. The van der Waals surface area contributed by atoms with Gasteiger partial charge in [-0.2, -0.15) is 5.10 Å². The van der Waals surface area contributed by atoms with Crippen molar-refractivity contribution in [3.8, 4) is 22.7 Å². The van der Waals surface area contributed by atoms with Crippen LogP contribution >= 0.6 is 0 Å². The van der Waals surface area contributed by atoms with Gasteiger partial charge < -0.3 is 9.73 Å². The SMILES string of the molecule is Cc1ccc2nc(-c3cn[nH]c3-c3cccc(NC(=O)C4CCC4)c3)oc2c1. The smallest absolute Gasteiger partial charge is 0.231 e. The average molecular weight is 372 g/mol. The molecule has 2 N–H and O–H groups in total. The van der Waals surface area contributed by atoms with Gasteiger partial charge in [0.1, 0.15) is 5.52 Å². The predicted molar refractivity (Wildman–Crippen MR) is 108 cm³/mol. The number of aryl methyl sites for hydroxylation is 1. The van der Waals surface area contributed by atoms with Crippen LogP contribution in [0.5, 0.6) is 0 Å². The van der Waals surface area contributed by atoms with Gasteiger partial charge in [-0.1, -0.05) is 24.6 Å². The van der Waals surface area contributed by atoms with Gasteiger partial charge in [0.2, 0.25) is 11.8 Å². The van der Waals surface area contributed by atoms with Crippen LogP contribution in [0, 0.1) is 12.8 Å². The van der Waals surface area contributed by atoms with E-state index in [9.17, 15) is 4.79 Å². The standard InChI is InChI=1S/C22H20N4O2/c1-13-8-9-18-19(10-13)28-22(25-18)17-12-23-26-20(17)15-6-3-7-16(11-15)24-21(27)14-4-2-5-14/h3,6-12,14H,2,4-5H2,1H3,(H,23,26)(H,24,27). The summed E-state index contributed by atoms with van der Waals surface area (Å²) in [6.45, 7) is 2.02. The van der Waals surface area contributed by atoms with Crippen LogP contribution in [-0.4, -0.2) is 21.1 Å². The van der Waals surface area contributed by atoms with Crippen LogP contribution in [0.3, 0.4) is 0 Å². The molecule has 4 aromatic rings. The van der Waals surface area contributed by atoms with Crippen LogP contribution in [0.25, 0.3) is 33.8 Å². The second-order valence-electron chi connectivity index (χ2n) is 7.35. The number of benzene rings is 2. The van der Waals surface area contributed by atoms with E-state index in [4.69, 9.17) is 4.42 Å². The number of aromatic nitrogens is 3. The van der Waals surface area contributed by atoms with E-state index in [1.165, 1.54) is 0 Å². The van der Waals surface area contributed by atoms with Crippen LogP contribution in [0.2, 0.25) is 0 Å². The van der Waals surface area contributed by atoms with E-state index in [-0.39, 0.29) is 11.8 Å². The molecule has 1 saturated carbocycles. The maximum Gasteiger partial charge on any atom is 0.231 e. The number of fused-ring (bicyclic) bond motifs is 1. The molecule has 2 aromatic carbocycles. The second-order valence-corrected chi connectivity index (χ2v) is 7.35. The zero-order valence-electron chi connectivity index (χ0n) is 15.5. The molecule has 140 valence electrons. The van der Waals surface area contributed by atoms with Gasteiger partial charge in [-0.3, -0.25) is 9.89 Å². The highest BCUT2D eigenvalue weighted by molar-refractivity contribution is 5.94. The number of oxazole rings is 1. The Bertz CT molecular complexity index is 1170. The van der Waals surface area contributed by atoms with E-state index in [1.54, 1.807) is 6.20 Å². The molecule has 0 atom stereocenters. The van der Waals surface area contributed by atoms with Gasteiger partial charge in [0, 0.05) is 17.2 Å². The Balaban J connectivity index is 1.48. The molecule has 1 fully saturated rings. The maximum absolute atomic E-state index is 12.3. The molecule has 0 aliphatic heterocycles.